The van der Waals surface area contributed by atoms with Crippen LogP contribution in [0.1, 0.15) is 39.5 Å². The second-order valence-corrected chi connectivity index (χ2v) is 5.45. The van der Waals surface area contributed by atoms with Crippen molar-refractivity contribution in [2.24, 2.45) is 0 Å². The van der Waals surface area contributed by atoms with E-state index in [9.17, 15) is 9.59 Å². The smallest absolute Gasteiger partial charge is 0.330 e. The minimum atomic E-state index is -0.510. The predicted octanol–water partition coefficient (Wildman–Crippen LogP) is 1.03. The monoisotopic (exact) mass is 327 g/mol. The van der Waals surface area contributed by atoms with Gasteiger partial charge in [0.25, 0.3) is 5.56 Å². The molecule has 1 rings (SSSR count). The van der Waals surface area contributed by atoms with Crippen molar-refractivity contribution in [3.63, 3.8) is 0 Å². The number of hydrogen-bond donors (Lipinski definition) is 3. The molecule has 0 bridgehead atoms. The summed E-state index contributed by atoms with van der Waals surface area (Å²) in [6.07, 6.45) is 3.54. The summed E-state index contributed by atoms with van der Waals surface area (Å²) in [5.41, 5.74) is 5.35. The topological polar surface area (TPSA) is 96.2 Å². The molecule has 0 fully saturated rings. The van der Waals surface area contributed by atoms with Gasteiger partial charge in [-0.15, -0.1) is 0 Å². The number of unbranched alkanes of at least 4 members (excludes halogenated alkanes) is 2. The largest absolute Gasteiger partial charge is 0.383 e. The SMILES string of the molecule is CCCCN(C(=S)NC)c1c(N)n(CCCC)c(=O)[nH]c1=O. The molecule has 0 spiro atoms. The Kier molecular flexibility index (Phi) is 7.10. The molecule has 0 aliphatic carbocycles. The van der Waals surface area contributed by atoms with Crippen molar-refractivity contribution >= 4 is 28.8 Å². The van der Waals surface area contributed by atoms with Crippen molar-refractivity contribution < 1.29 is 0 Å². The molecular formula is C14H25N5O2S. The third-order valence-corrected chi connectivity index (χ3v) is 3.84. The lowest BCUT2D eigenvalue weighted by atomic mass is 10.3. The molecule has 124 valence electrons. The molecule has 0 saturated heterocycles. The molecule has 1 heterocycles. The number of nitrogen functional groups attached to an aromatic ring is 1. The molecule has 0 atom stereocenters. The highest BCUT2D eigenvalue weighted by Crippen LogP contribution is 2.18. The van der Waals surface area contributed by atoms with E-state index in [1.54, 1.807) is 11.9 Å². The fourth-order valence-electron chi connectivity index (χ4n) is 2.14. The lowest BCUT2D eigenvalue weighted by Gasteiger charge is -2.26. The molecule has 0 aromatic carbocycles. The summed E-state index contributed by atoms with van der Waals surface area (Å²) in [4.78, 5) is 28.2. The Balaban J connectivity index is 3.38. The fourth-order valence-corrected chi connectivity index (χ4v) is 2.33. The van der Waals surface area contributed by atoms with Crippen molar-refractivity contribution in [3.8, 4) is 0 Å². The Morgan fingerprint density at radius 3 is 2.50 bits per heavy atom. The lowest BCUT2D eigenvalue weighted by molar-refractivity contribution is 0.604. The first kappa shape index (κ1) is 18.2. The summed E-state index contributed by atoms with van der Waals surface area (Å²) in [6, 6.07) is 0. The van der Waals surface area contributed by atoms with Crippen molar-refractivity contribution in [2.75, 3.05) is 24.2 Å². The van der Waals surface area contributed by atoms with Gasteiger partial charge in [-0.1, -0.05) is 26.7 Å². The summed E-state index contributed by atoms with van der Waals surface area (Å²) in [5, 5.41) is 3.27. The number of H-pyrrole nitrogens is 1. The van der Waals surface area contributed by atoms with E-state index in [-0.39, 0.29) is 11.5 Å². The van der Waals surface area contributed by atoms with E-state index in [0.717, 1.165) is 25.7 Å². The van der Waals surface area contributed by atoms with Gasteiger partial charge in [0.1, 0.15) is 5.82 Å². The molecule has 1 aromatic rings. The molecule has 0 radical (unpaired) electrons. The average Bonchev–Trinajstić information content (AvgIpc) is 2.49. The Labute approximate surface area is 135 Å². The van der Waals surface area contributed by atoms with Crippen LogP contribution in [0, 0.1) is 0 Å². The molecular weight excluding hydrogens is 302 g/mol. The van der Waals surface area contributed by atoms with Gasteiger partial charge in [0.2, 0.25) is 0 Å². The number of rotatable bonds is 7. The molecule has 0 aliphatic heterocycles. The highest BCUT2D eigenvalue weighted by Gasteiger charge is 2.20. The Hall–Kier alpha value is -1.83. The third kappa shape index (κ3) is 4.09. The van der Waals surface area contributed by atoms with Crippen molar-refractivity contribution in [2.45, 2.75) is 46.1 Å². The van der Waals surface area contributed by atoms with E-state index >= 15 is 0 Å². The predicted molar refractivity (Wildman–Crippen MR) is 94.6 cm³/mol. The zero-order valence-corrected chi connectivity index (χ0v) is 14.3. The van der Waals surface area contributed by atoms with Gasteiger partial charge < -0.3 is 16.0 Å². The molecule has 8 heteroatoms. The molecule has 7 nitrogen and oxygen atoms in total. The third-order valence-electron chi connectivity index (χ3n) is 3.41. The minimum Gasteiger partial charge on any atom is -0.383 e. The van der Waals surface area contributed by atoms with Crippen LogP contribution in [0.3, 0.4) is 0 Å². The summed E-state index contributed by atoms with van der Waals surface area (Å²) < 4.78 is 1.40. The number of thiocarbonyl (C=S) groups is 1. The van der Waals surface area contributed by atoms with Crippen LogP contribution in [0.5, 0.6) is 0 Å². The highest BCUT2D eigenvalue weighted by atomic mass is 32.1. The summed E-state index contributed by atoms with van der Waals surface area (Å²) in [6.45, 7) is 5.11. The zero-order chi connectivity index (χ0) is 16.7. The first-order chi connectivity index (χ1) is 10.5. The van der Waals surface area contributed by atoms with Gasteiger partial charge in [0, 0.05) is 20.1 Å². The molecule has 0 amide bonds. The standard InChI is InChI=1S/C14H25N5O2S/c1-4-6-8-18(14(22)16-3)10-11(15)19(9-7-5-2)13(21)17-12(10)20/h4-9,15H2,1-3H3,(H,16,22)(H,17,20,21). The zero-order valence-electron chi connectivity index (χ0n) is 13.4. The number of aromatic nitrogens is 2. The number of anilines is 2. The number of nitrogens with two attached hydrogens (primary N) is 1. The lowest BCUT2D eigenvalue weighted by Crippen LogP contribution is -2.44. The van der Waals surface area contributed by atoms with Crippen molar-refractivity contribution in [1.29, 1.82) is 0 Å². The maximum absolute atomic E-state index is 12.2. The van der Waals surface area contributed by atoms with E-state index in [1.165, 1.54) is 4.57 Å². The second kappa shape index (κ2) is 8.57. The molecule has 1 aromatic heterocycles. The van der Waals surface area contributed by atoms with Crippen LogP contribution < -0.4 is 27.2 Å². The normalized spacial score (nSPS) is 10.5. The molecule has 0 saturated carbocycles. The van der Waals surface area contributed by atoms with Crippen LogP contribution >= 0.6 is 12.2 Å². The van der Waals surface area contributed by atoms with Crippen molar-refractivity contribution in [3.05, 3.63) is 20.8 Å². The van der Waals surface area contributed by atoms with Gasteiger partial charge in [-0.2, -0.15) is 0 Å². The van der Waals surface area contributed by atoms with Crippen LogP contribution in [-0.2, 0) is 6.54 Å². The molecule has 0 unspecified atom stereocenters. The van der Waals surface area contributed by atoms with Gasteiger partial charge in [0.05, 0.1) is 0 Å². The second-order valence-electron chi connectivity index (χ2n) is 5.06. The number of aromatic amines is 1. The van der Waals surface area contributed by atoms with E-state index < -0.39 is 11.2 Å². The van der Waals surface area contributed by atoms with Gasteiger partial charge in [-0.25, -0.2) is 4.79 Å². The highest BCUT2D eigenvalue weighted by molar-refractivity contribution is 7.80. The first-order valence-electron chi connectivity index (χ1n) is 7.59. The molecule has 22 heavy (non-hydrogen) atoms. The maximum Gasteiger partial charge on any atom is 0.330 e. The van der Waals surface area contributed by atoms with Crippen LogP contribution in [0.4, 0.5) is 11.5 Å². The van der Waals surface area contributed by atoms with Crippen LogP contribution in [0.2, 0.25) is 0 Å². The summed E-state index contributed by atoms with van der Waals surface area (Å²) >= 11 is 5.27. The van der Waals surface area contributed by atoms with E-state index in [4.69, 9.17) is 18.0 Å². The van der Waals surface area contributed by atoms with Gasteiger partial charge in [-0.05, 0) is 25.1 Å². The fraction of sp³-hybridized carbons (Fsp3) is 0.643. The Bertz CT molecular complexity index is 623. The maximum atomic E-state index is 12.2. The number of nitrogens with one attached hydrogen (secondary N) is 2. The van der Waals surface area contributed by atoms with Gasteiger partial charge in [0.15, 0.2) is 10.8 Å². The number of hydrogen-bond acceptors (Lipinski definition) is 4. The quantitative estimate of drug-likeness (QED) is 0.647. The van der Waals surface area contributed by atoms with E-state index in [1.807, 2.05) is 6.92 Å². The van der Waals surface area contributed by atoms with Gasteiger partial charge in [-0.3, -0.25) is 14.3 Å². The van der Waals surface area contributed by atoms with Crippen molar-refractivity contribution in [1.82, 2.24) is 14.9 Å². The average molecular weight is 327 g/mol. The van der Waals surface area contributed by atoms with Crippen LogP contribution in [0.15, 0.2) is 9.59 Å². The summed E-state index contributed by atoms with van der Waals surface area (Å²) in [7, 11) is 1.69. The Morgan fingerprint density at radius 2 is 1.95 bits per heavy atom. The molecule has 0 aliphatic rings. The van der Waals surface area contributed by atoms with Gasteiger partial charge >= 0.3 is 5.69 Å². The van der Waals surface area contributed by atoms with Crippen LogP contribution in [-0.4, -0.2) is 28.3 Å². The summed E-state index contributed by atoms with van der Waals surface area (Å²) in [5.74, 6) is 0.163. The molecule has 4 N–H and O–H groups in total. The first-order valence-corrected chi connectivity index (χ1v) is 8.00. The Morgan fingerprint density at radius 1 is 1.32 bits per heavy atom. The van der Waals surface area contributed by atoms with Crippen LogP contribution in [0.25, 0.3) is 0 Å². The number of nitrogens with zero attached hydrogens (tertiary/aromatic N) is 2. The van der Waals surface area contributed by atoms with E-state index in [2.05, 4.69) is 17.2 Å². The van der Waals surface area contributed by atoms with E-state index in [0.29, 0.717) is 18.2 Å². The minimum absolute atomic E-state index is 0.163.